The maximum absolute atomic E-state index is 14.2. The topological polar surface area (TPSA) is 23.6 Å². The minimum atomic E-state index is -0.0779. The van der Waals surface area contributed by atoms with Gasteiger partial charge in [0.1, 0.15) is 5.82 Å². The molecule has 1 amide bonds. The van der Waals surface area contributed by atoms with Gasteiger partial charge in [-0.15, -0.1) is 0 Å². The minimum absolute atomic E-state index is 0.0779. The number of piperidine rings is 1. The van der Waals surface area contributed by atoms with Crippen LogP contribution in [0.5, 0.6) is 0 Å². The molecule has 20 heavy (non-hydrogen) atoms. The Morgan fingerprint density at radius 2 is 2.00 bits per heavy atom. The summed E-state index contributed by atoms with van der Waals surface area (Å²) < 4.78 is 14.2. The first kappa shape index (κ1) is 13.4. The Kier molecular flexibility index (Phi) is 3.40. The molecule has 3 rings (SSSR count). The van der Waals surface area contributed by atoms with Gasteiger partial charge in [0.05, 0.1) is 0 Å². The molecule has 0 N–H and O–H groups in total. The molecule has 0 radical (unpaired) electrons. The predicted octanol–water partition coefficient (Wildman–Crippen LogP) is 2.62. The standard InChI is InChI=1S/C16H21FN2O/c1-11(20)19-8-6-12(7-9-19)13-10-18(2)15-5-3-4-14(17)16(13)15/h3-5,12-13H,6-10H2,1-2H3. The number of rotatable bonds is 1. The zero-order valence-corrected chi connectivity index (χ0v) is 12.1. The number of fused-ring (bicyclic) bond motifs is 1. The molecule has 0 spiro atoms. The van der Waals surface area contributed by atoms with Crippen LogP contribution in [0.2, 0.25) is 0 Å². The van der Waals surface area contributed by atoms with Crippen molar-refractivity contribution in [2.45, 2.75) is 25.7 Å². The number of hydrogen-bond donors (Lipinski definition) is 0. The SMILES string of the molecule is CC(=O)N1CCC(C2CN(C)c3cccc(F)c32)CC1. The number of likely N-dealkylation sites (N-methyl/N-ethyl adjacent to an activating group) is 1. The lowest BCUT2D eigenvalue weighted by molar-refractivity contribution is -0.130. The van der Waals surface area contributed by atoms with Gasteiger partial charge in [0.25, 0.3) is 0 Å². The predicted molar refractivity (Wildman–Crippen MR) is 77.4 cm³/mol. The molecule has 1 unspecified atom stereocenters. The molecule has 108 valence electrons. The van der Waals surface area contributed by atoms with Crippen LogP contribution in [0.1, 0.15) is 31.2 Å². The van der Waals surface area contributed by atoms with E-state index in [4.69, 9.17) is 0 Å². The van der Waals surface area contributed by atoms with E-state index < -0.39 is 0 Å². The number of carbonyl (C=O) groups excluding carboxylic acids is 1. The molecule has 4 heteroatoms. The van der Waals surface area contributed by atoms with Gasteiger partial charge in [-0.25, -0.2) is 4.39 Å². The van der Waals surface area contributed by atoms with Crippen LogP contribution in [-0.2, 0) is 4.79 Å². The molecule has 0 bridgehead atoms. The minimum Gasteiger partial charge on any atom is -0.374 e. The van der Waals surface area contributed by atoms with Crippen molar-refractivity contribution in [1.29, 1.82) is 0 Å². The van der Waals surface area contributed by atoms with Crippen LogP contribution < -0.4 is 4.90 Å². The van der Waals surface area contributed by atoms with E-state index in [1.54, 1.807) is 19.1 Å². The average molecular weight is 276 g/mol. The number of carbonyl (C=O) groups is 1. The molecular formula is C16H21FN2O. The Morgan fingerprint density at radius 3 is 2.65 bits per heavy atom. The molecule has 1 aromatic carbocycles. The van der Waals surface area contributed by atoms with Crippen molar-refractivity contribution < 1.29 is 9.18 Å². The highest BCUT2D eigenvalue weighted by atomic mass is 19.1. The summed E-state index contributed by atoms with van der Waals surface area (Å²) in [7, 11) is 2.03. The van der Waals surface area contributed by atoms with E-state index in [0.717, 1.165) is 43.7 Å². The van der Waals surface area contributed by atoms with Gasteiger partial charge in [0.2, 0.25) is 5.91 Å². The molecule has 1 saturated heterocycles. The summed E-state index contributed by atoms with van der Waals surface area (Å²) in [5.74, 6) is 0.820. The van der Waals surface area contributed by atoms with Crippen LogP contribution in [0, 0.1) is 11.7 Å². The summed E-state index contributed by atoms with van der Waals surface area (Å²) in [4.78, 5) is 15.4. The third kappa shape index (κ3) is 2.17. The van der Waals surface area contributed by atoms with Crippen molar-refractivity contribution in [2.24, 2.45) is 5.92 Å². The second-order valence-corrected chi connectivity index (χ2v) is 6.00. The smallest absolute Gasteiger partial charge is 0.219 e. The highest BCUT2D eigenvalue weighted by molar-refractivity contribution is 5.73. The first-order valence-electron chi connectivity index (χ1n) is 7.33. The molecule has 1 atom stereocenters. The number of anilines is 1. The van der Waals surface area contributed by atoms with Crippen molar-refractivity contribution in [2.75, 3.05) is 31.6 Å². The Labute approximate surface area is 119 Å². The second-order valence-electron chi connectivity index (χ2n) is 6.00. The van der Waals surface area contributed by atoms with Gasteiger partial charge in [-0.1, -0.05) is 6.07 Å². The average Bonchev–Trinajstić information content (AvgIpc) is 2.78. The molecule has 3 nitrogen and oxygen atoms in total. The van der Waals surface area contributed by atoms with Crippen LogP contribution in [0.15, 0.2) is 18.2 Å². The zero-order valence-electron chi connectivity index (χ0n) is 12.1. The number of amides is 1. The lowest BCUT2D eigenvalue weighted by Crippen LogP contribution is -2.39. The summed E-state index contributed by atoms with van der Waals surface area (Å²) >= 11 is 0. The Bertz CT molecular complexity index is 523. The van der Waals surface area contributed by atoms with Crippen molar-refractivity contribution >= 4 is 11.6 Å². The highest BCUT2D eigenvalue weighted by Crippen LogP contribution is 2.44. The lowest BCUT2D eigenvalue weighted by atomic mass is 9.81. The molecule has 2 aliphatic rings. The summed E-state index contributed by atoms with van der Waals surface area (Å²) in [6.45, 7) is 4.13. The Morgan fingerprint density at radius 1 is 1.30 bits per heavy atom. The molecule has 0 aromatic heterocycles. The fourth-order valence-electron chi connectivity index (χ4n) is 3.71. The zero-order chi connectivity index (χ0) is 14.3. The van der Waals surface area contributed by atoms with Gasteiger partial charge in [-0.2, -0.15) is 0 Å². The number of hydrogen-bond acceptors (Lipinski definition) is 2. The van der Waals surface area contributed by atoms with Crippen molar-refractivity contribution in [3.63, 3.8) is 0 Å². The van der Waals surface area contributed by atoms with Crippen LogP contribution in [-0.4, -0.2) is 37.5 Å². The summed E-state index contributed by atoms with van der Waals surface area (Å²) in [6.07, 6.45) is 1.96. The van der Waals surface area contributed by atoms with Gasteiger partial charge in [-0.3, -0.25) is 4.79 Å². The van der Waals surface area contributed by atoms with E-state index in [0.29, 0.717) is 5.92 Å². The van der Waals surface area contributed by atoms with Gasteiger partial charge in [0, 0.05) is 50.8 Å². The number of benzene rings is 1. The molecule has 0 aliphatic carbocycles. The van der Waals surface area contributed by atoms with Crippen LogP contribution in [0.4, 0.5) is 10.1 Å². The maximum atomic E-state index is 14.2. The Balaban J connectivity index is 1.79. The number of halogens is 1. The fraction of sp³-hybridized carbons (Fsp3) is 0.562. The van der Waals surface area contributed by atoms with Gasteiger partial charge in [-0.05, 0) is 30.9 Å². The number of likely N-dealkylation sites (tertiary alicyclic amines) is 1. The van der Waals surface area contributed by atoms with E-state index in [9.17, 15) is 9.18 Å². The van der Waals surface area contributed by atoms with E-state index >= 15 is 0 Å². The summed E-state index contributed by atoms with van der Waals surface area (Å²) in [5.41, 5.74) is 1.92. The lowest BCUT2D eigenvalue weighted by Gasteiger charge is -2.34. The quantitative estimate of drug-likeness (QED) is 0.787. The third-order valence-electron chi connectivity index (χ3n) is 4.84. The monoisotopic (exact) mass is 276 g/mol. The van der Waals surface area contributed by atoms with Crippen LogP contribution in [0.25, 0.3) is 0 Å². The van der Waals surface area contributed by atoms with Gasteiger partial charge < -0.3 is 9.80 Å². The molecule has 1 fully saturated rings. The van der Waals surface area contributed by atoms with E-state index in [1.165, 1.54) is 0 Å². The molecule has 0 saturated carbocycles. The first-order valence-corrected chi connectivity index (χ1v) is 7.33. The highest BCUT2D eigenvalue weighted by Gasteiger charge is 2.36. The molecule has 2 heterocycles. The fourth-order valence-corrected chi connectivity index (χ4v) is 3.71. The molecular weight excluding hydrogens is 255 g/mol. The first-order chi connectivity index (χ1) is 9.58. The van der Waals surface area contributed by atoms with Crippen molar-refractivity contribution in [3.05, 3.63) is 29.6 Å². The van der Waals surface area contributed by atoms with E-state index in [1.807, 2.05) is 18.0 Å². The number of nitrogens with zero attached hydrogens (tertiary/aromatic N) is 2. The molecule has 1 aromatic rings. The maximum Gasteiger partial charge on any atom is 0.219 e. The summed E-state index contributed by atoms with van der Waals surface area (Å²) in [6, 6.07) is 5.35. The third-order valence-corrected chi connectivity index (χ3v) is 4.84. The van der Waals surface area contributed by atoms with Gasteiger partial charge in [0.15, 0.2) is 0 Å². The van der Waals surface area contributed by atoms with E-state index in [2.05, 4.69) is 4.90 Å². The second kappa shape index (κ2) is 5.08. The van der Waals surface area contributed by atoms with Crippen molar-refractivity contribution in [3.8, 4) is 0 Å². The summed E-state index contributed by atoms with van der Waals surface area (Å²) in [5, 5.41) is 0. The van der Waals surface area contributed by atoms with Crippen LogP contribution in [0.3, 0.4) is 0 Å². The van der Waals surface area contributed by atoms with E-state index in [-0.39, 0.29) is 17.6 Å². The van der Waals surface area contributed by atoms with Gasteiger partial charge >= 0.3 is 0 Å². The van der Waals surface area contributed by atoms with Crippen LogP contribution >= 0.6 is 0 Å². The normalized spacial score (nSPS) is 23.1. The van der Waals surface area contributed by atoms with Crippen molar-refractivity contribution in [1.82, 2.24) is 4.90 Å². The largest absolute Gasteiger partial charge is 0.374 e. The Hall–Kier alpha value is -1.58. The molecule has 2 aliphatic heterocycles.